The number of benzene rings is 2. The highest BCUT2D eigenvalue weighted by atomic mass is 32.1. The minimum atomic E-state index is -0.317. The molecule has 0 aliphatic heterocycles. The second-order valence-electron chi connectivity index (χ2n) is 6.83. The van der Waals surface area contributed by atoms with Crippen molar-refractivity contribution in [2.75, 3.05) is 10.6 Å². The Morgan fingerprint density at radius 2 is 1.69 bits per heavy atom. The molecule has 154 valence electrons. The summed E-state index contributed by atoms with van der Waals surface area (Å²) in [5, 5.41) is 8.63. The second kappa shape index (κ2) is 11.2. The number of carbonyl (C=O) groups is 2. The zero-order chi connectivity index (χ0) is 21.2. The number of thiocarbonyl (C=S) groups is 1. The summed E-state index contributed by atoms with van der Waals surface area (Å²) in [6.45, 7) is 5.92. The van der Waals surface area contributed by atoms with Gasteiger partial charge in [-0.25, -0.2) is 0 Å². The van der Waals surface area contributed by atoms with E-state index in [1.54, 1.807) is 48.5 Å². The number of hydrogen-bond donors (Lipinski definition) is 3. The summed E-state index contributed by atoms with van der Waals surface area (Å²) in [5.74, 6) is 0.363. The van der Waals surface area contributed by atoms with Crippen LogP contribution in [0.25, 0.3) is 0 Å². The third kappa shape index (κ3) is 7.91. The molecule has 0 radical (unpaired) electrons. The molecule has 0 saturated carbocycles. The van der Waals surface area contributed by atoms with Gasteiger partial charge in [-0.1, -0.05) is 19.4 Å². The van der Waals surface area contributed by atoms with Crippen molar-refractivity contribution in [1.29, 1.82) is 0 Å². The molecular formula is C22H27N3O3S. The van der Waals surface area contributed by atoms with Gasteiger partial charge in [0.2, 0.25) is 5.91 Å². The van der Waals surface area contributed by atoms with Gasteiger partial charge in [-0.05, 0) is 75.0 Å². The lowest BCUT2D eigenvalue weighted by Gasteiger charge is -2.12. The van der Waals surface area contributed by atoms with Crippen molar-refractivity contribution in [2.45, 2.75) is 46.1 Å². The van der Waals surface area contributed by atoms with Crippen LogP contribution in [0.15, 0.2) is 48.5 Å². The van der Waals surface area contributed by atoms with E-state index < -0.39 is 0 Å². The Kier molecular flexibility index (Phi) is 8.61. The maximum Gasteiger partial charge on any atom is 0.257 e. The first kappa shape index (κ1) is 22.4. The molecule has 6 nitrogen and oxygen atoms in total. The SMILES string of the molecule is CCCCC(=O)Nc1cccc(NC(=S)NC(=O)c2ccc(OC(C)C)cc2)c1. The molecule has 0 aromatic heterocycles. The van der Waals surface area contributed by atoms with Gasteiger partial charge < -0.3 is 15.4 Å². The van der Waals surface area contributed by atoms with E-state index in [0.29, 0.717) is 29.1 Å². The van der Waals surface area contributed by atoms with Gasteiger partial charge >= 0.3 is 0 Å². The summed E-state index contributed by atoms with van der Waals surface area (Å²) in [5.41, 5.74) is 1.82. The number of rotatable bonds is 8. The lowest BCUT2D eigenvalue weighted by atomic mass is 10.2. The van der Waals surface area contributed by atoms with Crippen LogP contribution in [0.5, 0.6) is 5.75 Å². The van der Waals surface area contributed by atoms with Gasteiger partial charge in [-0.15, -0.1) is 0 Å². The molecule has 0 bridgehead atoms. The molecule has 2 amide bonds. The van der Waals surface area contributed by atoms with Crippen molar-refractivity contribution in [1.82, 2.24) is 5.32 Å². The van der Waals surface area contributed by atoms with Crippen LogP contribution >= 0.6 is 12.2 Å². The average Bonchev–Trinajstić information content (AvgIpc) is 2.66. The van der Waals surface area contributed by atoms with E-state index >= 15 is 0 Å². The fourth-order valence-electron chi connectivity index (χ4n) is 2.53. The molecule has 0 atom stereocenters. The van der Waals surface area contributed by atoms with Gasteiger partial charge in [0.05, 0.1) is 6.10 Å². The first-order valence-corrected chi connectivity index (χ1v) is 10.1. The third-order valence-electron chi connectivity index (χ3n) is 3.88. The molecule has 2 rings (SSSR count). The highest BCUT2D eigenvalue weighted by Crippen LogP contribution is 2.16. The van der Waals surface area contributed by atoms with E-state index in [0.717, 1.165) is 12.8 Å². The molecule has 3 N–H and O–H groups in total. The lowest BCUT2D eigenvalue weighted by Crippen LogP contribution is -2.34. The summed E-state index contributed by atoms with van der Waals surface area (Å²) in [6, 6.07) is 14.0. The van der Waals surface area contributed by atoms with Crippen molar-refractivity contribution in [3.63, 3.8) is 0 Å². The van der Waals surface area contributed by atoms with E-state index in [1.165, 1.54) is 0 Å². The smallest absolute Gasteiger partial charge is 0.257 e. The van der Waals surface area contributed by atoms with Crippen LogP contribution in [0.4, 0.5) is 11.4 Å². The van der Waals surface area contributed by atoms with Gasteiger partial charge in [-0.2, -0.15) is 0 Å². The van der Waals surface area contributed by atoms with Crippen molar-refractivity contribution in [3.8, 4) is 5.75 Å². The number of amides is 2. The molecule has 0 saturated heterocycles. The molecule has 0 fully saturated rings. The Morgan fingerprint density at radius 1 is 1.03 bits per heavy atom. The minimum absolute atomic E-state index is 0.0234. The fourth-order valence-corrected chi connectivity index (χ4v) is 2.74. The molecule has 29 heavy (non-hydrogen) atoms. The van der Waals surface area contributed by atoms with E-state index in [9.17, 15) is 9.59 Å². The molecule has 7 heteroatoms. The lowest BCUT2D eigenvalue weighted by molar-refractivity contribution is -0.116. The van der Waals surface area contributed by atoms with Crippen LogP contribution in [-0.4, -0.2) is 23.0 Å². The van der Waals surface area contributed by atoms with E-state index in [2.05, 4.69) is 16.0 Å². The molecular weight excluding hydrogens is 386 g/mol. The van der Waals surface area contributed by atoms with Crippen LogP contribution in [0, 0.1) is 0 Å². The maximum atomic E-state index is 12.4. The van der Waals surface area contributed by atoms with Crippen LogP contribution in [-0.2, 0) is 4.79 Å². The molecule has 0 aliphatic rings. The molecule has 2 aromatic rings. The Bertz CT molecular complexity index is 851. The Balaban J connectivity index is 1.90. The molecule has 0 spiro atoms. The quantitative estimate of drug-likeness (QED) is 0.545. The first-order chi connectivity index (χ1) is 13.9. The first-order valence-electron chi connectivity index (χ1n) is 9.66. The Hall–Kier alpha value is -2.93. The second-order valence-corrected chi connectivity index (χ2v) is 7.24. The molecule has 0 heterocycles. The highest BCUT2D eigenvalue weighted by molar-refractivity contribution is 7.80. The highest BCUT2D eigenvalue weighted by Gasteiger charge is 2.09. The van der Waals surface area contributed by atoms with E-state index in [-0.39, 0.29) is 23.0 Å². The van der Waals surface area contributed by atoms with Crippen LogP contribution in [0.1, 0.15) is 50.4 Å². The van der Waals surface area contributed by atoms with Gasteiger partial charge in [0.1, 0.15) is 5.75 Å². The van der Waals surface area contributed by atoms with Gasteiger partial charge in [0.15, 0.2) is 5.11 Å². The van der Waals surface area contributed by atoms with E-state index in [1.807, 2.05) is 20.8 Å². The van der Waals surface area contributed by atoms with Crippen molar-refractivity contribution >= 4 is 40.5 Å². The summed E-state index contributed by atoms with van der Waals surface area (Å²) in [6.07, 6.45) is 2.38. The molecule has 0 unspecified atom stereocenters. The number of anilines is 2. The predicted molar refractivity (Wildman–Crippen MR) is 120 cm³/mol. The average molecular weight is 414 g/mol. The zero-order valence-corrected chi connectivity index (χ0v) is 17.8. The molecule has 0 aliphatic carbocycles. The fraction of sp³-hybridized carbons (Fsp3) is 0.318. The van der Waals surface area contributed by atoms with Crippen molar-refractivity contribution in [3.05, 3.63) is 54.1 Å². The predicted octanol–water partition coefficient (Wildman–Crippen LogP) is 4.73. The van der Waals surface area contributed by atoms with E-state index in [4.69, 9.17) is 17.0 Å². The van der Waals surface area contributed by atoms with Crippen LogP contribution < -0.4 is 20.7 Å². The summed E-state index contributed by atoms with van der Waals surface area (Å²) in [7, 11) is 0. The Morgan fingerprint density at radius 3 is 2.31 bits per heavy atom. The number of hydrogen-bond acceptors (Lipinski definition) is 4. The normalized spacial score (nSPS) is 10.3. The maximum absolute atomic E-state index is 12.4. The third-order valence-corrected chi connectivity index (χ3v) is 4.08. The Labute approximate surface area is 177 Å². The standard InChI is InChI=1S/C22H27N3O3S/c1-4-5-9-20(26)23-17-7-6-8-18(14-17)24-22(29)25-21(27)16-10-12-19(13-11-16)28-15(2)3/h6-8,10-15H,4-5,9H2,1-3H3,(H,23,26)(H2,24,25,27,29). The molecule has 2 aromatic carbocycles. The number of unbranched alkanes of at least 4 members (excludes halogenated alkanes) is 1. The summed E-state index contributed by atoms with van der Waals surface area (Å²) >= 11 is 5.23. The van der Waals surface area contributed by atoms with Gasteiger partial charge in [0, 0.05) is 23.4 Å². The van der Waals surface area contributed by atoms with Gasteiger partial charge in [0.25, 0.3) is 5.91 Å². The van der Waals surface area contributed by atoms with Crippen LogP contribution in [0.2, 0.25) is 0 Å². The van der Waals surface area contributed by atoms with Crippen molar-refractivity contribution < 1.29 is 14.3 Å². The number of ether oxygens (including phenoxy) is 1. The monoisotopic (exact) mass is 413 g/mol. The largest absolute Gasteiger partial charge is 0.491 e. The topological polar surface area (TPSA) is 79.5 Å². The van der Waals surface area contributed by atoms with Crippen LogP contribution in [0.3, 0.4) is 0 Å². The van der Waals surface area contributed by atoms with Gasteiger partial charge in [-0.3, -0.25) is 14.9 Å². The minimum Gasteiger partial charge on any atom is -0.491 e. The zero-order valence-electron chi connectivity index (χ0n) is 17.0. The number of nitrogens with one attached hydrogen (secondary N) is 3. The number of carbonyl (C=O) groups excluding carboxylic acids is 2. The summed E-state index contributed by atoms with van der Waals surface area (Å²) < 4.78 is 5.57. The summed E-state index contributed by atoms with van der Waals surface area (Å²) in [4.78, 5) is 24.2. The van der Waals surface area contributed by atoms with Crippen molar-refractivity contribution in [2.24, 2.45) is 0 Å².